The molecule has 17 heteroatoms. The van der Waals surface area contributed by atoms with E-state index in [-0.39, 0.29) is 54.7 Å². The van der Waals surface area contributed by atoms with Gasteiger partial charge >= 0.3 is 5.97 Å². The van der Waals surface area contributed by atoms with Crippen LogP contribution in [0, 0.1) is 0 Å². The molecule has 0 spiro atoms. The van der Waals surface area contributed by atoms with Crippen LogP contribution in [0.3, 0.4) is 0 Å². The predicted octanol–water partition coefficient (Wildman–Crippen LogP) is 5.75. The van der Waals surface area contributed by atoms with Crippen molar-refractivity contribution in [3.05, 3.63) is 60.7 Å². The number of benzene rings is 4. The number of carbonyl (C=O) groups is 1. The molecular weight excluding hydrogens is 614 g/mol. The Labute approximate surface area is 256 Å². The lowest BCUT2D eigenvalue weighted by atomic mass is 10.1. The minimum atomic E-state index is -4.38. The zero-order valence-electron chi connectivity index (χ0n) is 23.3. The van der Waals surface area contributed by atoms with Crippen molar-refractivity contribution in [1.82, 2.24) is 0 Å². The van der Waals surface area contributed by atoms with Gasteiger partial charge < -0.3 is 54.0 Å². The molecular formula is C28H29N5O11S. The smallest absolute Gasteiger partial charge is 0.341 e. The van der Waals surface area contributed by atoms with E-state index in [9.17, 15) is 33.8 Å². The van der Waals surface area contributed by atoms with Crippen molar-refractivity contribution < 1.29 is 53.1 Å². The highest BCUT2D eigenvalue weighted by molar-refractivity contribution is 8.19. The number of phenolic OH excluding ortho intramolecular Hbond substituents is 1. The number of nitrogens with two attached hydrogens (primary N) is 1. The molecule has 16 nitrogen and oxygen atoms in total. The zero-order chi connectivity index (χ0) is 32.6. The normalized spacial score (nSPS) is 12.2. The van der Waals surface area contributed by atoms with Gasteiger partial charge in [-0.05, 0) is 47.9 Å². The van der Waals surface area contributed by atoms with Crippen molar-refractivity contribution in [3.63, 3.8) is 0 Å². The van der Waals surface area contributed by atoms with Crippen molar-refractivity contribution in [2.45, 2.75) is 4.90 Å². The average Bonchev–Trinajstić information content (AvgIpc) is 3.01. The number of phenols is 1. The van der Waals surface area contributed by atoms with Crippen molar-refractivity contribution in [2.24, 2.45) is 20.5 Å². The molecule has 0 aliphatic rings. The monoisotopic (exact) mass is 643 g/mol. The molecule has 4 rings (SSSR count). The molecule has 0 heterocycles. The number of ether oxygens (including phenoxy) is 3. The van der Waals surface area contributed by atoms with Crippen LogP contribution < -0.4 is 19.9 Å². The second-order valence-electron chi connectivity index (χ2n) is 9.08. The van der Waals surface area contributed by atoms with Crippen LogP contribution in [0.25, 0.3) is 10.8 Å². The molecule has 4 aromatic carbocycles. The van der Waals surface area contributed by atoms with E-state index in [1.807, 2.05) is 0 Å². The summed E-state index contributed by atoms with van der Waals surface area (Å²) >= 11 is 0. The van der Waals surface area contributed by atoms with E-state index in [2.05, 4.69) is 20.5 Å². The van der Waals surface area contributed by atoms with Crippen LogP contribution in [-0.2, 0) is 4.79 Å². The molecule has 0 bridgehead atoms. The number of anilines is 1. The number of hydrogen-bond acceptors (Lipinski definition) is 15. The highest BCUT2D eigenvalue weighted by atomic mass is 32.3. The quantitative estimate of drug-likeness (QED) is 0.0603. The highest BCUT2D eigenvalue weighted by Gasteiger charge is 2.25. The first-order valence-electron chi connectivity index (χ1n) is 13.0. The van der Waals surface area contributed by atoms with Crippen LogP contribution in [0.2, 0.25) is 0 Å². The summed E-state index contributed by atoms with van der Waals surface area (Å²) < 4.78 is 46.5. The number of hydrogen-bond donors (Lipinski definition) is 8. The Bertz CT molecular complexity index is 1730. The van der Waals surface area contributed by atoms with E-state index in [4.69, 9.17) is 25.1 Å². The van der Waals surface area contributed by atoms with E-state index in [0.717, 1.165) is 0 Å². The van der Waals surface area contributed by atoms with E-state index >= 15 is 0 Å². The third-order valence-corrected chi connectivity index (χ3v) is 6.74. The van der Waals surface area contributed by atoms with Crippen molar-refractivity contribution in [1.29, 1.82) is 0 Å². The molecule has 0 radical (unpaired) electrons. The highest BCUT2D eigenvalue weighted by Crippen LogP contribution is 2.54. The Morgan fingerprint density at radius 3 is 1.93 bits per heavy atom. The van der Waals surface area contributed by atoms with Crippen molar-refractivity contribution in [3.8, 4) is 23.0 Å². The molecule has 238 valence electrons. The minimum absolute atomic E-state index is 0.0252. The molecule has 0 aliphatic carbocycles. The molecule has 4 aromatic rings. The third kappa shape index (κ3) is 8.54. The Hall–Kier alpha value is -5.04. The summed E-state index contributed by atoms with van der Waals surface area (Å²) in [6.45, 7) is -1.54. The molecule has 0 atom stereocenters. The van der Waals surface area contributed by atoms with Crippen LogP contribution in [0.15, 0.2) is 86.0 Å². The summed E-state index contributed by atoms with van der Waals surface area (Å²) in [7, 11) is -4.38. The molecule has 45 heavy (non-hydrogen) atoms. The Morgan fingerprint density at radius 2 is 1.38 bits per heavy atom. The second-order valence-corrected chi connectivity index (χ2v) is 10.6. The van der Waals surface area contributed by atoms with Crippen LogP contribution in [-0.4, -0.2) is 73.1 Å². The fourth-order valence-electron chi connectivity index (χ4n) is 3.87. The van der Waals surface area contributed by atoms with Gasteiger partial charge in [-0.25, -0.2) is 4.79 Å². The molecule has 0 aliphatic heterocycles. The lowest BCUT2D eigenvalue weighted by Gasteiger charge is -2.22. The summed E-state index contributed by atoms with van der Waals surface area (Å²) in [5.41, 5.74) is 6.16. The Morgan fingerprint density at radius 1 is 0.778 bits per heavy atom. The maximum absolute atomic E-state index is 11.0. The fourth-order valence-corrected chi connectivity index (χ4v) is 4.55. The van der Waals surface area contributed by atoms with E-state index in [1.54, 1.807) is 0 Å². The standard InChI is InChI=1S/C28H29N5O11S/c29-17-2-1-16-11-25(45(39,40)41)27(28(38)20(16)12-17)33-32-22-14-23(42-9-7-34)21(13-24(22)43-10-8-35)31-30-18-3-5-19(6-4-18)44-15-26(36)37/h1-6,11-14,34-35,38-41H,7-10,15,29H2,(H,36,37). The summed E-state index contributed by atoms with van der Waals surface area (Å²) in [6, 6.07) is 14.5. The number of aromatic hydroxyl groups is 1. The molecule has 0 saturated carbocycles. The molecule has 9 N–H and O–H groups in total. The average molecular weight is 644 g/mol. The molecule has 0 unspecified atom stereocenters. The zero-order valence-corrected chi connectivity index (χ0v) is 24.2. The Balaban J connectivity index is 1.76. The summed E-state index contributed by atoms with van der Waals surface area (Å²) in [4.78, 5) is 10.2. The number of nitrogens with zero attached hydrogens (tertiary/aromatic N) is 4. The molecule has 0 amide bonds. The first kappa shape index (κ1) is 32.9. The van der Waals surface area contributed by atoms with Crippen molar-refractivity contribution in [2.75, 3.05) is 38.8 Å². The van der Waals surface area contributed by atoms with Crippen LogP contribution >= 0.6 is 10.9 Å². The van der Waals surface area contributed by atoms with Crippen LogP contribution in [0.4, 0.5) is 28.4 Å². The molecule has 0 aromatic heterocycles. The Kier molecular flexibility index (Phi) is 10.7. The van der Waals surface area contributed by atoms with Gasteiger partial charge in [0, 0.05) is 23.2 Å². The van der Waals surface area contributed by atoms with E-state index in [1.165, 1.54) is 60.7 Å². The third-order valence-electron chi connectivity index (χ3n) is 5.84. The van der Waals surface area contributed by atoms with E-state index < -0.39 is 39.8 Å². The molecule has 0 saturated heterocycles. The van der Waals surface area contributed by atoms with Gasteiger partial charge in [-0.3, -0.25) is 0 Å². The SMILES string of the molecule is Nc1ccc2cc(S(O)(O)O)c(N=Nc3cc(OCCO)c(N=Nc4ccc(OCC(=O)O)cc4)cc3OCCO)c(O)c2c1. The first-order valence-corrected chi connectivity index (χ1v) is 14.5. The molecule has 0 fully saturated rings. The summed E-state index contributed by atoms with van der Waals surface area (Å²) in [6.07, 6.45) is 0. The lowest BCUT2D eigenvalue weighted by molar-refractivity contribution is -0.139. The van der Waals surface area contributed by atoms with E-state index in [0.29, 0.717) is 22.5 Å². The van der Waals surface area contributed by atoms with Gasteiger partial charge in [-0.1, -0.05) is 6.07 Å². The number of fused-ring (bicyclic) bond motifs is 1. The number of azo groups is 2. The lowest BCUT2D eigenvalue weighted by Crippen LogP contribution is -2.09. The number of rotatable bonds is 14. The van der Waals surface area contributed by atoms with Gasteiger partial charge in [0.05, 0.1) is 23.8 Å². The largest absolute Gasteiger partial charge is 0.505 e. The fraction of sp³-hybridized carbons (Fsp3) is 0.179. The van der Waals surface area contributed by atoms with Crippen molar-refractivity contribution >= 4 is 56.0 Å². The van der Waals surface area contributed by atoms with Crippen LogP contribution in [0.1, 0.15) is 0 Å². The number of aliphatic hydroxyl groups excluding tert-OH is 2. The second kappa shape index (κ2) is 14.6. The maximum atomic E-state index is 11.0. The van der Waals surface area contributed by atoms with Crippen LogP contribution in [0.5, 0.6) is 23.0 Å². The topological polar surface area (TPSA) is 262 Å². The van der Waals surface area contributed by atoms with Gasteiger partial charge in [-0.2, -0.15) is 5.11 Å². The number of nitrogen functional groups attached to an aromatic ring is 1. The summed E-state index contributed by atoms with van der Waals surface area (Å²) in [5.74, 6) is -1.25. The first-order chi connectivity index (χ1) is 21.5. The number of aliphatic carboxylic acids is 1. The maximum Gasteiger partial charge on any atom is 0.341 e. The van der Waals surface area contributed by atoms with Gasteiger partial charge in [0.1, 0.15) is 58.4 Å². The number of aliphatic hydroxyl groups is 2. The minimum Gasteiger partial charge on any atom is -0.505 e. The number of carboxylic acids is 1. The summed E-state index contributed by atoms with van der Waals surface area (Å²) in [5, 5.41) is 55.4. The van der Waals surface area contributed by atoms with Gasteiger partial charge in [-0.15, -0.1) is 15.3 Å². The number of carboxylic acid groups (broad SMARTS) is 1. The van der Waals surface area contributed by atoms with Gasteiger partial charge in [0.15, 0.2) is 12.4 Å². The van der Waals surface area contributed by atoms with Gasteiger partial charge in [0.2, 0.25) is 0 Å². The van der Waals surface area contributed by atoms with Gasteiger partial charge in [0.25, 0.3) is 0 Å². The predicted molar refractivity (Wildman–Crippen MR) is 163 cm³/mol.